The Morgan fingerprint density at radius 3 is 2.38 bits per heavy atom. The largest absolute Gasteiger partial charge is 0.489 e. The van der Waals surface area contributed by atoms with Gasteiger partial charge in [0.05, 0.1) is 0 Å². The van der Waals surface area contributed by atoms with Crippen molar-refractivity contribution in [2.75, 3.05) is 26.2 Å². The van der Waals surface area contributed by atoms with Crippen LogP contribution >= 0.6 is 15.9 Å². The second-order valence-corrected chi connectivity index (χ2v) is 9.13. The molecule has 1 saturated heterocycles. The molecule has 1 aliphatic rings. The predicted molar refractivity (Wildman–Crippen MR) is 118 cm³/mol. The lowest BCUT2D eigenvalue weighted by Crippen LogP contribution is -2.49. The summed E-state index contributed by atoms with van der Waals surface area (Å²) in [5.41, 5.74) is 1.87. The van der Waals surface area contributed by atoms with Gasteiger partial charge in [-0.15, -0.1) is 0 Å². The molecule has 0 N–H and O–H groups in total. The van der Waals surface area contributed by atoms with E-state index >= 15 is 0 Å². The summed E-state index contributed by atoms with van der Waals surface area (Å²) in [4.78, 5) is 16.4. The third-order valence-electron chi connectivity index (χ3n) is 4.68. The standard InChI is InChI=1S/C23H29BrN2O3/c1-23(2,3)29-22(27)26-13-11-25(12-14-26)16-19-15-20(9-10-21(19)24)28-17-18-7-5-4-6-8-18/h4-10,15H,11-14,16-17H2,1-3H3. The van der Waals surface area contributed by atoms with Crippen LogP contribution in [-0.2, 0) is 17.9 Å². The van der Waals surface area contributed by atoms with Crippen molar-refractivity contribution in [3.63, 3.8) is 0 Å². The molecule has 1 aliphatic heterocycles. The van der Waals surface area contributed by atoms with Crippen LogP contribution < -0.4 is 4.74 Å². The van der Waals surface area contributed by atoms with E-state index in [0.29, 0.717) is 19.7 Å². The van der Waals surface area contributed by atoms with E-state index in [9.17, 15) is 4.79 Å². The maximum atomic E-state index is 12.2. The number of ether oxygens (including phenoxy) is 2. The van der Waals surface area contributed by atoms with E-state index in [2.05, 4.69) is 39.0 Å². The first-order valence-corrected chi connectivity index (χ1v) is 10.7. The van der Waals surface area contributed by atoms with Gasteiger partial charge in [0.1, 0.15) is 18.0 Å². The molecule has 3 rings (SSSR count). The minimum atomic E-state index is -0.459. The number of nitrogens with zero attached hydrogens (tertiary/aromatic N) is 2. The quantitative estimate of drug-likeness (QED) is 0.623. The van der Waals surface area contributed by atoms with Crippen LogP contribution in [-0.4, -0.2) is 47.7 Å². The smallest absolute Gasteiger partial charge is 0.410 e. The van der Waals surface area contributed by atoms with Crippen molar-refractivity contribution in [1.82, 2.24) is 9.80 Å². The van der Waals surface area contributed by atoms with E-state index in [-0.39, 0.29) is 6.09 Å². The number of benzene rings is 2. The molecule has 0 unspecified atom stereocenters. The molecule has 2 aromatic carbocycles. The first-order chi connectivity index (χ1) is 13.8. The van der Waals surface area contributed by atoms with Gasteiger partial charge in [-0.2, -0.15) is 0 Å². The zero-order chi connectivity index (χ0) is 20.9. The summed E-state index contributed by atoms with van der Waals surface area (Å²) in [5, 5.41) is 0. The Labute approximate surface area is 181 Å². The van der Waals surface area contributed by atoms with Crippen LogP contribution in [0, 0.1) is 0 Å². The molecule has 6 heteroatoms. The van der Waals surface area contributed by atoms with E-state index in [1.54, 1.807) is 4.90 Å². The Kier molecular flexibility index (Phi) is 7.19. The molecular weight excluding hydrogens is 432 g/mol. The molecule has 1 amide bonds. The number of piperazine rings is 1. The molecule has 29 heavy (non-hydrogen) atoms. The van der Waals surface area contributed by atoms with Crippen molar-refractivity contribution in [2.45, 2.75) is 39.5 Å². The first-order valence-electron chi connectivity index (χ1n) is 9.95. The van der Waals surface area contributed by atoms with E-state index in [0.717, 1.165) is 35.4 Å². The van der Waals surface area contributed by atoms with Gasteiger partial charge in [-0.3, -0.25) is 4.90 Å². The summed E-state index contributed by atoms with van der Waals surface area (Å²) < 4.78 is 12.5. The summed E-state index contributed by atoms with van der Waals surface area (Å²) in [5.74, 6) is 0.861. The lowest BCUT2D eigenvalue weighted by Gasteiger charge is -2.35. The molecule has 0 atom stereocenters. The summed E-state index contributed by atoms with van der Waals surface area (Å²) in [6.07, 6.45) is -0.227. The SMILES string of the molecule is CC(C)(C)OC(=O)N1CCN(Cc2cc(OCc3ccccc3)ccc2Br)CC1. The van der Waals surface area contributed by atoms with Gasteiger partial charge in [-0.05, 0) is 50.1 Å². The van der Waals surface area contributed by atoms with Gasteiger partial charge in [0, 0.05) is 37.2 Å². The number of carbonyl (C=O) groups excluding carboxylic acids is 1. The number of hydrogen-bond donors (Lipinski definition) is 0. The van der Waals surface area contributed by atoms with Crippen LogP contribution in [0.15, 0.2) is 53.0 Å². The van der Waals surface area contributed by atoms with E-state index in [4.69, 9.17) is 9.47 Å². The lowest BCUT2D eigenvalue weighted by atomic mass is 10.2. The number of halogens is 1. The molecule has 1 fully saturated rings. The van der Waals surface area contributed by atoms with E-state index in [1.165, 1.54) is 5.56 Å². The number of carbonyl (C=O) groups is 1. The number of rotatable bonds is 5. The highest BCUT2D eigenvalue weighted by molar-refractivity contribution is 9.10. The van der Waals surface area contributed by atoms with Crippen molar-refractivity contribution in [3.8, 4) is 5.75 Å². The van der Waals surface area contributed by atoms with Crippen molar-refractivity contribution in [2.24, 2.45) is 0 Å². The molecule has 0 spiro atoms. The average Bonchev–Trinajstić information content (AvgIpc) is 2.68. The molecule has 0 bridgehead atoms. The molecule has 0 radical (unpaired) electrons. The summed E-state index contributed by atoms with van der Waals surface area (Å²) in [6.45, 7) is 10.0. The molecule has 5 nitrogen and oxygen atoms in total. The highest BCUT2D eigenvalue weighted by atomic mass is 79.9. The third-order valence-corrected chi connectivity index (χ3v) is 5.46. The number of hydrogen-bond acceptors (Lipinski definition) is 4. The maximum absolute atomic E-state index is 12.2. The first kappa shape index (κ1) is 21.7. The summed E-state index contributed by atoms with van der Waals surface area (Å²) >= 11 is 3.65. The average molecular weight is 461 g/mol. The normalized spacial score (nSPS) is 15.2. The minimum absolute atomic E-state index is 0.227. The van der Waals surface area contributed by atoms with Gasteiger partial charge in [-0.1, -0.05) is 46.3 Å². The van der Waals surface area contributed by atoms with Crippen LogP contribution in [0.25, 0.3) is 0 Å². The maximum Gasteiger partial charge on any atom is 0.410 e. The fourth-order valence-electron chi connectivity index (χ4n) is 3.16. The zero-order valence-electron chi connectivity index (χ0n) is 17.4. The lowest BCUT2D eigenvalue weighted by molar-refractivity contribution is 0.0139. The monoisotopic (exact) mass is 460 g/mol. The fourth-order valence-corrected chi connectivity index (χ4v) is 3.53. The van der Waals surface area contributed by atoms with Crippen molar-refractivity contribution in [3.05, 3.63) is 64.1 Å². The van der Waals surface area contributed by atoms with Crippen LogP contribution in [0.3, 0.4) is 0 Å². The highest BCUT2D eigenvalue weighted by Crippen LogP contribution is 2.25. The zero-order valence-corrected chi connectivity index (χ0v) is 18.9. The van der Waals surface area contributed by atoms with E-state index < -0.39 is 5.60 Å². The van der Waals surface area contributed by atoms with Crippen LogP contribution in [0.2, 0.25) is 0 Å². The Morgan fingerprint density at radius 1 is 1.03 bits per heavy atom. The van der Waals surface area contributed by atoms with Crippen molar-refractivity contribution < 1.29 is 14.3 Å². The molecule has 0 aromatic heterocycles. The van der Waals surface area contributed by atoms with Crippen molar-refractivity contribution in [1.29, 1.82) is 0 Å². The van der Waals surface area contributed by atoms with Gasteiger partial charge in [0.2, 0.25) is 0 Å². The molecule has 2 aromatic rings. The van der Waals surface area contributed by atoms with Gasteiger partial charge < -0.3 is 14.4 Å². The highest BCUT2D eigenvalue weighted by Gasteiger charge is 2.26. The summed E-state index contributed by atoms with van der Waals surface area (Å²) in [6, 6.07) is 16.3. The molecule has 0 aliphatic carbocycles. The minimum Gasteiger partial charge on any atom is -0.489 e. The van der Waals surface area contributed by atoms with Crippen LogP contribution in [0.1, 0.15) is 31.9 Å². The number of amides is 1. The van der Waals surface area contributed by atoms with Crippen LogP contribution in [0.5, 0.6) is 5.75 Å². The van der Waals surface area contributed by atoms with Crippen molar-refractivity contribution >= 4 is 22.0 Å². The topological polar surface area (TPSA) is 42.0 Å². The van der Waals surface area contributed by atoms with Crippen LogP contribution in [0.4, 0.5) is 4.79 Å². The molecule has 1 heterocycles. The third kappa shape index (κ3) is 6.75. The Bertz CT molecular complexity index is 813. The molecule has 0 saturated carbocycles. The van der Waals surface area contributed by atoms with Gasteiger partial charge >= 0.3 is 6.09 Å². The van der Waals surface area contributed by atoms with E-state index in [1.807, 2.05) is 51.1 Å². The summed E-state index contributed by atoms with van der Waals surface area (Å²) in [7, 11) is 0. The Hall–Kier alpha value is -2.05. The molecule has 156 valence electrons. The second-order valence-electron chi connectivity index (χ2n) is 8.27. The van der Waals surface area contributed by atoms with Gasteiger partial charge in [-0.25, -0.2) is 4.79 Å². The molecular formula is C23H29BrN2O3. The predicted octanol–water partition coefficient (Wildman–Crippen LogP) is 5.08. The Balaban J connectivity index is 1.53. The fraction of sp³-hybridized carbons (Fsp3) is 0.435. The Morgan fingerprint density at radius 2 is 1.72 bits per heavy atom. The van der Waals surface area contributed by atoms with Gasteiger partial charge in [0.25, 0.3) is 0 Å². The van der Waals surface area contributed by atoms with Gasteiger partial charge in [0.15, 0.2) is 0 Å². The second kappa shape index (κ2) is 9.63.